The van der Waals surface area contributed by atoms with Gasteiger partial charge in [-0.3, -0.25) is 4.79 Å². The molecular weight excluding hydrogens is 298 g/mol. The van der Waals surface area contributed by atoms with Gasteiger partial charge in [0.2, 0.25) is 0 Å². The van der Waals surface area contributed by atoms with Gasteiger partial charge < -0.3 is 9.73 Å². The van der Waals surface area contributed by atoms with Crippen molar-refractivity contribution in [2.75, 3.05) is 0 Å². The highest BCUT2D eigenvalue weighted by molar-refractivity contribution is 6.31. The van der Waals surface area contributed by atoms with Crippen LogP contribution in [0.15, 0.2) is 71.3 Å². The number of carbonyl (C=O) groups is 1. The highest BCUT2D eigenvalue weighted by atomic mass is 35.5. The summed E-state index contributed by atoms with van der Waals surface area (Å²) in [4.78, 5) is 12.3. The van der Waals surface area contributed by atoms with E-state index >= 15 is 0 Å². The lowest BCUT2D eigenvalue weighted by Crippen LogP contribution is -2.23. The van der Waals surface area contributed by atoms with Crippen molar-refractivity contribution in [3.8, 4) is 11.1 Å². The Morgan fingerprint density at radius 3 is 2.50 bits per heavy atom. The van der Waals surface area contributed by atoms with Crippen LogP contribution in [0.3, 0.4) is 0 Å². The molecule has 0 radical (unpaired) electrons. The van der Waals surface area contributed by atoms with Gasteiger partial charge in [0.15, 0.2) is 5.76 Å². The number of amides is 1. The molecule has 1 aromatic heterocycles. The summed E-state index contributed by atoms with van der Waals surface area (Å²) < 4.78 is 5.35. The number of hydrogen-bond donors (Lipinski definition) is 1. The molecule has 2 aromatic carbocycles. The van der Waals surface area contributed by atoms with Crippen molar-refractivity contribution in [2.45, 2.75) is 6.54 Å². The molecule has 0 unspecified atom stereocenters. The molecule has 1 heterocycles. The molecule has 0 saturated carbocycles. The Morgan fingerprint density at radius 2 is 1.73 bits per heavy atom. The minimum atomic E-state index is -0.260. The molecule has 3 nitrogen and oxygen atoms in total. The van der Waals surface area contributed by atoms with Gasteiger partial charge in [0.05, 0.1) is 6.26 Å². The first-order valence-electron chi connectivity index (χ1n) is 6.90. The molecular formula is C18H14ClNO2. The minimum absolute atomic E-state index is 0.260. The smallest absolute Gasteiger partial charge is 0.287 e. The first-order valence-corrected chi connectivity index (χ1v) is 7.28. The third kappa shape index (κ3) is 3.05. The Kier molecular flexibility index (Phi) is 4.26. The van der Waals surface area contributed by atoms with Crippen molar-refractivity contribution in [2.24, 2.45) is 0 Å². The van der Waals surface area contributed by atoms with Crippen LogP contribution in [-0.4, -0.2) is 5.91 Å². The second-order valence-electron chi connectivity index (χ2n) is 4.80. The number of rotatable bonds is 4. The van der Waals surface area contributed by atoms with Crippen LogP contribution in [0, 0.1) is 0 Å². The van der Waals surface area contributed by atoms with Crippen LogP contribution >= 0.6 is 11.6 Å². The third-order valence-corrected chi connectivity index (χ3v) is 3.72. The number of carbonyl (C=O) groups excluding carboxylic acids is 1. The normalized spacial score (nSPS) is 10.4. The molecule has 110 valence electrons. The van der Waals surface area contributed by atoms with Crippen molar-refractivity contribution in [3.05, 3.63) is 83.3 Å². The molecule has 1 N–H and O–H groups in total. The monoisotopic (exact) mass is 311 g/mol. The SMILES string of the molecule is O=C(NCc1ccccc1Cl)c1occc1-c1ccccc1. The summed E-state index contributed by atoms with van der Waals surface area (Å²) in [5.41, 5.74) is 2.58. The van der Waals surface area contributed by atoms with E-state index in [2.05, 4.69) is 5.32 Å². The van der Waals surface area contributed by atoms with E-state index in [1.165, 1.54) is 6.26 Å². The van der Waals surface area contributed by atoms with E-state index in [0.29, 0.717) is 17.3 Å². The predicted octanol–water partition coefficient (Wildman–Crippen LogP) is 4.53. The fourth-order valence-corrected chi connectivity index (χ4v) is 2.43. The number of benzene rings is 2. The molecule has 0 atom stereocenters. The van der Waals surface area contributed by atoms with E-state index in [0.717, 1.165) is 16.7 Å². The molecule has 3 aromatic rings. The summed E-state index contributed by atoms with van der Waals surface area (Å²) in [5.74, 6) is 0.0435. The zero-order valence-corrected chi connectivity index (χ0v) is 12.5. The molecule has 0 saturated heterocycles. The van der Waals surface area contributed by atoms with Crippen molar-refractivity contribution in [1.82, 2.24) is 5.32 Å². The van der Waals surface area contributed by atoms with E-state index in [-0.39, 0.29) is 5.91 Å². The van der Waals surface area contributed by atoms with Crippen LogP contribution in [0.5, 0.6) is 0 Å². The Bertz CT molecular complexity index is 781. The van der Waals surface area contributed by atoms with Gasteiger partial charge in [0.25, 0.3) is 5.91 Å². The second-order valence-corrected chi connectivity index (χ2v) is 5.21. The maximum atomic E-state index is 12.3. The fourth-order valence-electron chi connectivity index (χ4n) is 2.23. The summed E-state index contributed by atoms with van der Waals surface area (Å²) in [5, 5.41) is 3.47. The van der Waals surface area contributed by atoms with Gasteiger partial charge in [-0.05, 0) is 23.3 Å². The third-order valence-electron chi connectivity index (χ3n) is 3.35. The van der Waals surface area contributed by atoms with E-state index < -0.39 is 0 Å². The van der Waals surface area contributed by atoms with Crippen molar-refractivity contribution < 1.29 is 9.21 Å². The standard InChI is InChI=1S/C18H14ClNO2/c19-16-9-5-4-8-14(16)12-20-18(21)17-15(10-11-22-17)13-6-2-1-3-7-13/h1-11H,12H2,(H,20,21). The van der Waals surface area contributed by atoms with Crippen LogP contribution in [0.4, 0.5) is 0 Å². The maximum Gasteiger partial charge on any atom is 0.287 e. The van der Waals surface area contributed by atoms with Crippen LogP contribution in [0.25, 0.3) is 11.1 Å². The van der Waals surface area contributed by atoms with Gasteiger partial charge in [0, 0.05) is 17.1 Å². The number of nitrogens with one attached hydrogen (secondary N) is 1. The Labute approximate surface area is 133 Å². The quantitative estimate of drug-likeness (QED) is 0.769. The van der Waals surface area contributed by atoms with Crippen molar-refractivity contribution in [3.63, 3.8) is 0 Å². The zero-order valence-electron chi connectivity index (χ0n) is 11.8. The second kappa shape index (κ2) is 6.50. The highest BCUT2D eigenvalue weighted by Gasteiger charge is 2.16. The number of furan rings is 1. The Morgan fingerprint density at radius 1 is 1.00 bits per heavy atom. The van der Waals surface area contributed by atoms with E-state index in [4.69, 9.17) is 16.0 Å². The summed E-state index contributed by atoms with van der Waals surface area (Å²) in [6.45, 7) is 0.355. The predicted molar refractivity (Wildman–Crippen MR) is 86.8 cm³/mol. The van der Waals surface area contributed by atoms with Gasteiger partial charge in [0.1, 0.15) is 0 Å². The first kappa shape index (κ1) is 14.4. The summed E-state index contributed by atoms with van der Waals surface area (Å²) in [6.07, 6.45) is 1.52. The molecule has 0 spiro atoms. The van der Waals surface area contributed by atoms with Gasteiger partial charge in [-0.25, -0.2) is 0 Å². The van der Waals surface area contributed by atoms with Crippen LogP contribution < -0.4 is 5.32 Å². The highest BCUT2D eigenvalue weighted by Crippen LogP contribution is 2.24. The lowest BCUT2D eigenvalue weighted by Gasteiger charge is -2.07. The van der Waals surface area contributed by atoms with Gasteiger partial charge in [-0.1, -0.05) is 60.1 Å². The summed E-state index contributed by atoms with van der Waals surface area (Å²) in [7, 11) is 0. The molecule has 1 amide bonds. The van der Waals surface area contributed by atoms with Crippen LogP contribution in [0.2, 0.25) is 5.02 Å². The minimum Gasteiger partial charge on any atom is -0.459 e. The number of hydrogen-bond acceptors (Lipinski definition) is 2. The molecule has 4 heteroatoms. The molecule has 0 aliphatic heterocycles. The maximum absolute atomic E-state index is 12.3. The molecule has 22 heavy (non-hydrogen) atoms. The largest absolute Gasteiger partial charge is 0.459 e. The topological polar surface area (TPSA) is 42.2 Å². The first-order chi connectivity index (χ1) is 10.8. The summed E-state index contributed by atoms with van der Waals surface area (Å²) >= 11 is 6.09. The van der Waals surface area contributed by atoms with Gasteiger partial charge in [-0.2, -0.15) is 0 Å². The van der Waals surface area contributed by atoms with Crippen LogP contribution in [0.1, 0.15) is 16.1 Å². The van der Waals surface area contributed by atoms with Crippen molar-refractivity contribution in [1.29, 1.82) is 0 Å². The molecule has 3 rings (SSSR count). The van der Waals surface area contributed by atoms with E-state index in [1.807, 2.05) is 48.5 Å². The molecule has 0 bridgehead atoms. The summed E-state index contributed by atoms with van der Waals surface area (Å²) in [6, 6.07) is 18.9. The van der Waals surface area contributed by atoms with E-state index in [1.54, 1.807) is 12.1 Å². The fraction of sp³-hybridized carbons (Fsp3) is 0.0556. The zero-order chi connectivity index (χ0) is 15.4. The van der Waals surface area contributed by atoms with Gasteiger partial charge in [-0.15, -0.1) is 0 Å². The lowest BCUT2D eigenvalue weighted by atomic mass is 10.1. The van der Waals surface area contributed by atoms with E-state index in [9.17, 15) is 4.79 Å². The van der Waals surface area contributed by atoms with Crippen molar-refractivity contribution >= 4 is 17.5 Å². The number of halogens is 1. The van der Waals surface area contributed by atoms with Gasteiger partial charge >= 0.3 is 0 Å². The molecule has 0 aliphatic carbocycles. The Balaban J connectivity index is 1.77. The van der Waals surface area contributed by atoms with Crippen LogP contribution in [-0.2, 0) is 6.54 Å². The average Bonchev–Trinajstić information content (AvgIpc) is 3.04. The lowest BCUT2D eigenvalue weighted by molar-refractivity contribution is 0.0924. The molecule has 0 aliphatic rings. The molecule has 0 fully saturated rings. The average molecular weight is 312 g/mol. The Hall–Kier alpha value is -2.52.